The summed E-state index contributed by atoms with van der Waals surface area (Å²) in [6.07, 6.45) is 1.52. The zero-order valence-corrected chi connectivity index (χ0v) is 13.5. The van der Waals surface area contributed by atoms with Crippen LogP contribution < -0.4 is 0 Å². The minimum absolute atomic E-state index is 0.0156. The number of nitrogens with zero attached hydrogens (tertiary/aromatic N) is 2. The van der Waals surface area contributed by atoms with Gasteiger partial charge in [-0.2, -0.15) is 0 Å². The maximum atomic E-state index is 11.3. The van der Waals surface area contributed by atoms with E-state index in [4.69, 9.17) is 11.6 Å². The van der Waals surface area contributed by atoms with Crippen molar-refractivity contribution in [3.05, 3.63) is 70.5 Å². The first kappa shape index (κ1) is 15.3. The Hall–Kier alpha value is -2.59. The molecule has 0 aliphatic heterocycles. The zero-order valence-electron chi connectivity index (χ0n) is 12.7. The molecule has 3 aromatic rings. The van der Waals surface area contributed by atoms with E-state index in [1.807, 2.05) is 50.2 Å². The number of benzene rings is 2. The number of rotatable bonds is 3. The van der Waals surface area contributed by atoms with Crippen molar-refractivity contribution in [3.63, 3.8) is 0 Å². The van der Waals surface area contributed by atoms with Gasteiger partial charge in [-0.25, -0.2) is 9.78 Å². The molecule has 23 heavy (non-hydrogen) atoms. The van der Waals surface area contributed by atoms with Crippen LogP contribution in [0.5, 0.6) is 0 Å². The summed E-state index contributed by atoms with van der Waals surface area (Å²) in [5.74, 6) is -0.558. The number of carbonyl (C=O) groups is 1. The van der Waals surface area contributed by atoms with E-state index in [9.17, 15) is 9.90 Å². The lowest BCUT2D eigenvalue weighted by molar-refractivity contribution is 0.0691. The number of imidazole rings is 1. The molecule has 0 saturated carbocycles. The van der Waals surface area contributed by atoms with Crippen molar-refractivity contribution in [1.82, 2.24) is 9.55 Å². The van der Waals surface area contributed by atoms with Crippen LogP contribution in [0.3, 0.4) is 0 Å². The maximum absolute atomic E-state index is 11.3. The molecule has 0 amide bonds. The Bertz CT molecular complexity index is 900. The molecule has 0 atom stereocenters. The fourth-order valence-corrected chi connectivity index (χ4v) is 2.61. The molecule has 0 unspecified atom stereocenters. The predicted octanol–water partition coefficient (Wildman–Crippen LogP) is 4.51. The van der Waals surface area contributed by atoms with E-state index in [1.165, 1.54) is 11.8 Å². The van der Waals surface area contributed by atoms with Crippen molar-refractivity contribution in [3.8, 4) is 17.1 Å². The van der Waals surface area contributed by atoms with Gasteiger partial charge in [0.15, 0.2) is 5.69 Å². The molecule has 1 N–H and O–H groups in total. The molecule has 0 saturated heterocycles. The van der Waals surface area contributed by atoms with E-state index in [-0.39, 0.29) is 5.69 Å². The van der Waals surface area contributed by atoms with E-state index in [0.717, 1.165) is 11.3 Å². The first-order chi connectivity index (χ1) is 11.0. The van der Waals surface area contributed by atoms with Crippen molar-refractivity contribution in [2.45, 2.75) is 13.8 Å². The van der Waals surface area contributed by atoms with Crippen molar-refractivity contribution in [1.29, 1.82) is 0 Å². The number of hydrogen-bond donors (Lipinski definition) is 1. The summed E-state index contributed by atoms with van der Waals surface area (Å²) in [7, 11) is 0. The highest BCUT2D eigenvalue weighted by molar-refractivity contribution is 6.33. The van der Waals surface area contributed by atoms with Gasteiger partial charge in [-0.1, -0.05) is 29.8 Å². The van der Waals surface area contributed by atoms with Crippen LogP contribution in [0.1, 0.15) is 21.6 Å². The lowest BCUT2D eigenvalue weighted by Gasteiger charge is -2.11. The van der Waals surface area contributed by atoms with Gasteiger partial charge >= 0.3 is 5.97 Å². The Balaban J connectivity index is 2.25. The number of aromatic nitrogens is 2. The Morgan fingerprint density at radius 1 is 1.13 bits per heavy atom. The molecule has 116 valence electrons. The minimum Gasteiger partial charge on any atom is -0.476 e. The summed E-state index contributed by atoms with van der Waals surface area (Å²) in [6, 6.07) is 13.2. The number of aromatic carboxylic acids is 1. The number of carboxylic acids is 1. The van der Waals surface area contributed by atoms with E-state index < -0.39 is 5.97 Å². The molecule has 0 radical (unpaired) electrons. The lowest BCUT2D eigenvalue weighted by Crippen LogP contribution is -1.98. The van der Waals surface area contributed by atoms with Gasteiger partial charge in [0.2, 0.25) is 0 Å². The third-order valence-electron chi connectivity index (χ3n) is 3.81. The van der Waals surface area contributed by atoms with Gasteiger partial charge in [-0.05, 0) is 49.2 Å². The highest BCUT2D eigenvalue weighted by Gasteiger charge is 2.17. The second-order valence-electron chi connectivity index (χ2n) is 5.37. The number of carboxylic acid groups (broad SMARTS) is 1. The van der Waals surface area contributed by atoms with Crippen LogP contribution in [-0.4, -0.2) is 20.6 Å². The van der Waals surface area contributed by atoms with Crippen molar-refractivity contribution >= 4 is 17.6 Å². The topological polar surface area (TPSA) is 55.1 Å². The van der Waals surface area contributed by atoms with Gasteiger partial charge in [-0.15, -0.1) is 0 Å². The van der Waals surface area contributed by atoms with Crippen LogP contribution in [-0.2, 0) is 0 Å². The van der Waals surface area contributed by atoms with Crippen molar-refractivity contribution in [2.24, 2.45) is 0 Å². The van der Waals surface area contributed by atoms with Crippen molar-refractivity contribution < 1.29 is 9.90 Å². The molecule has 2 aromatic carbocycles. The van der Waals surface area contributed by atoms with E-state index in [0.29, 0.717) is 16.4 Å². The molecule has 0 fully saturated rings. The van der Waals surface area contributed by atoms with Crippen molar-refractivity contribution in [2.75, 3.05) is 0 Å². The van der Waals surface area contributed by atoms with Gasteiger partial charge in [-0.3, -0.25) is 4.57 Å². The van der Waals surface area contributed by atoms with Crippen LogP contribution in [0.15, 0.2) is 48.7 Å². The second-order valence-corrected chi connectivity index (χ2v) is 5.78. The van der Waals surface area contributed by atoms with Crippen LogP contribution >= 0.6 is 11.6 Å². The van der Waals surface area contributed by atoms with E-state index >= 15 is 0 Å². The quantitative estimate of drug-likeness (QED) is 0.770. The van der Waals surface area contributed by atoms with Gasteiger partial charge in [0.1, 0.15) is 5.82 Å². The molecule has 0 aliphatic carbocycles. The molecule has 1 heterocycles. The van der Waals surface area contributed by atoms with Gasteiger partial charge < -0.3 is 5.11 Å². The predicted molar refractivity (Wildman–Crippen MR) is 90.4 cm³/mol. The van der Waals surface area contributed by atoms with Crippen LogP contribution in [0.2, 0.25) is 5.02 Å². The standard InChI is InChI=1S/C18H15ClN2O2/c1-11-7-8-13(9-12(11)2)21-10-16(18(22)23)20-17(21)14-5-3-4-6-15(14)19/h3-10H,1-2H3,(H,22,23). The fourth-order valence-electron chi connectivity index (χ4n) is 2.39. The number of halogens is 1. The molecule has 0 spiro atoms. The molecule has 0 bridgehead atoms. The Morgan fingerprint density at radius 2 is 1.87 bits per heavy atom. The summed E-state index contributed by atoms with van der Waals surface area (Å²) < 4.78 is 1.76. The summed E-state index contributed by atoms with van der Waals surface area (Å²) in [5, 5.41) is 9.80. The average molecular weight is 327 g/mol. The third-order valence-corrected chi connectivity index (χ3v) is 4.14. The molecular formula is C18H15ClN2O2. The second kappa shape index (κ2) is 5.89. The maximum Gasteiger partial charge on any atom is 0.356 e. The highest BCUT2D eigenvalue weighted by Crippen LogP contribution is 2.29. The summed E-state index contributed by atoms with van der Waals surface area (Å²) in [5.41, 5.74) is 3.82. The monoisotopic (exact) mass is 326 g/mol. The van der Waals surface area contributed by atoms with Crippen LogP contribution in [0.4, 0.5) is 0 Å². The molecule has 5 heteroatoms. The molecule has 1 aromatic heterocycles. The Morgan fingerprint density at radius 3 is 2.52 bits per heavy atom. The Kier molecular flexibility index (Phi) is 3.92. The Labute approximate surface area is 139 Å². The first-order valence-electron chi connectivity index (χ1n) is 7.12. The van der Waals surface area contributed by atoms with Crippen LogP contribution in [0, 0.1) is 13.8 Å². The molecular weight excluding hydrogens is 312 g/mol. The number of hydrogen-bond acceptors (Lipinski definition) is 2. The number of aryl methyl sites for hydroxylation is 2. The normalized spacial score (nSPS) is 10.7. The largest absolute Gasteiger partial charge is 0.476 e. The van der Waals surface area contributed by atoms with Gasteiger partial charge in [0.25, 0.3) is 0 Å². The van der Waals surface area contributed by atoms with E-state index in [1.54, 1.807) is 10.6 Å². The average Bonchev–Trinajstić information content (AvgIpc) is 2.96. The molecule has 3 rings (SSSR count). The SMILES string of the molecule is Cc1ccc(-n2cc(C(=O)O)nc2-c2ccccc2Cl)cc1C. The minimum atomic E-state index is -1.07. The van der Waals surface area contributed by atoms with Crippen LogP contribution in [0.25, 0.3) is 17.1 Å². The van der Waals surface area contributed by atoms with E-state index in [2.05, 4.69) is 4.98 Å². The zero-order chi connectivity index (χ0) is 16.6. The fraction of sp³-hybridized carbons (Fsp3) is 0.111. The summed E-state index contributed by atoms with van der Waals surface area (Å²) in [4.78, 5) is 15.6. The summed E-state index contributed by atoms with van der Waals surface area (Å²) >= 11 is 6.26. The van der Waals surface area contributed by atoms with Gasteiger partial charge in [0, 0.05) is 17.4 Å². The summed E-state index contributed by atoms with van der Waals surface area (Å²) in [6.45, 7) is 4.05. The molecule has 4 nitrogen and oxygen atoms in total. The smallest absolute Gasteiger partial charge is 0.356 e. The third kappa shape index (κ3) is 2.85. The lowest BCUT2D eigenvalue weighted by atomic mass is 10.1. The molecule has 0 aliphatic rings. The first-order valence-corrected chi connectivity index (χ1v) is 7.50. The highest BCUT2D eigenvalue weighted by atomic mass is 35.5. The van der Waals surface area contributed by atoms with Gasteiger partial charge in [0.05, 0.1) is 5.02 Å².